The Labute approximate surface area is 359 Å². The summed E-state index contributed by atoms with van der Waals surface area (Å²) in [6.45, 7) is 7.56. The van der Waals surface area contributed by atoms with Crippen molar-refractivity contribution in [2.24, 2.45) is 0 Å². The Kier molecular flexibility index (Phi) is 22.7. The Balaban J connectivity index is 1.15. The minimum atomic E-state index is -0.531. The zero-order chi connectivity index (χ0) is 44.4. The Bertz CT molecular complexity index is 1840. The number of anilines is 1. The summed E-state index contributed by atoms with van der Waals surface area (Å²) < 4.78 is 0. The zero-order valence-electron chi connectivity index (χ0n) is 35.5. The number of nitrogens with one attached hydrogen (secondary N) is 3. The molecule has 61 heavy (non-hydrogen) atoms. The van der Waals surface area contributed by atoms with E-state index >= 15 is 0 Å². The van der Waals surface area contributed by atoms with Crippen molar-refractivity contribution in [2.75, 3.05) is 44.2 Å². The molecular weight excluding hydrogens is 783 g/mol. The molecule has 0 atom stereocenters. The van der Waals surface area contributed by atoms with E-state index in [1.54, 1.807) is 4.90 Å². The number of hydrogen-bond acceptors (Lipinski definition) is 10. The predicted octanol–water partition coefficient (Wildman–Crippen LogP) is 4.79. The van der Waals surface area contributed by atoms with Crippen molar-refractivity contribution < 1.29 is 44.4 Å². The molecule has 6 N–H and O–H groups in total. The van der Waals surface area contributed by atoms with Crippen LogP contribution in [0, 0.1) is 11.8 Å². The van der Waals surface area contributed by atoms with E-state index in [1.165, 1.54) is 6.92 Å². The predicted molar refractivity (Wildman–Crippen MR) is 229 cm³/mol. The van der Waals surface area contributed by atoms with Gasteiger partial charge in [0.1, 0.15) is 0 Å². The molecule has 332 valence electrons. The molecule has 3 rings (SSSR count). The summed E-state index contributed by atoms with van der Waals surface area (Å²) in [4.78, 5) is 75.1. The molecule has 2 aromatic carbocycles. The lowest BCUT2D eigenvalue weighted by Gasteiger charge is -2.26. The average Bonchev–Trinajstić information content (AvgIpc) is 3.24. The van der Waals surface area contributed by atoms with Gasteiger partial charge in [-0.3, -0.25) is 44.4 Å². The van der Waals surface area contributed by atoms with E-state index in [-0.39, 0.29) is 69.5 Å². The van der Waals surface area contributed by atoms with Crippen LogP contribution in [0.1, 0.15) is 120 Å². The minimum absolute atomic E-state index is 0.0366. The summed E-state index contributed by atoms with van der Waals surface area (Å²) in [7, 11) is 0. The first-order chi connectivity index (χ1) is 29.3. The number of benzene rings is 2. The maximum absolute atomic E-state index is 13.4. The smallest absolute Gasteiger partial charge is 0.246 e. The molecule has 1 heterocycles. The molecule has 16 nitrogen and oxygen atoms in total. The topological polar surface area (TPSA) is 212 Å². The molecule has 0 saturated heterocycles. The van der Waals surface area contributed by atoms with Gasteiger partial charge in [-0.1, -0.05) is 48.8 Å². The Morgan fingerprint density at radius 3 is 1.66 bits per heavy atom. The van der Waals surface area contributed by atoms with Crippen LogP contribution in [0.25, 0.3) is 0 Å². The Morgan fingerprint density at radius 1 is 0.590 bits per heavy atom. The first kappa shape index (κ1) is 49.6. The van der Waals surface area contributed by atoms with Gasteiger partial charge in [0.05, 0.1) is 12.2 Å². The summed E-state index contributed by atoms with van der Waals surface area (Å²) in [6, 6.07) is 15.2. The number of nitrogens with zero attached hydrogens (tertiary/aromatic N) is 4. The van der Waals surface area contributed by atoms with Gasteiger partial charge in [-0.25, -0.2) is 15.2 Å². The van der Waals surface area contributed by atoms with E-state index in [9.17, 15) is 44.4 Å². The number of hydroxylamine groups is 6. The highest BCUT2D eigenvalue weighted by Gasteiger charge is 2.22. The first-order valence-electron chi connectivity index (χ1n) is 21.3. The number of unbranched alkanes of at least 4 members (excludes halogenated alkanes) is 6. The number of allylic oxidation sites excluding steroid dienone is 1. The highest BCUT2D eigenvalue weighted by molar-refractivity contribution is 5.97. The second-order valence-electron chi connectivity index (χ2n) is 15.0. The lowest BCUT2D eigenvalue weighted by Crippen LogP contribution is -2.33. The third-order valence-electron chi connectivity index (χ3n) is 10.0. The molecule has 1 aliphatic rings. The monoisotopic (exact) mass is 845 g/mol. The van der Waals surface area contributed by atoms with Crippen molar-refractivity contribution >= 4 is 41.1 Å². The van der Waals surface area contributed by atoms with Gasteiger partial charge in [0, 0.05) is 95.1 Å². The normalized spacial score (nSPS) is 11.4. The Hall–Kier alpha value is -5.76. The number of carbonyl (C=O) groups excluding carboxylic acids is 6. The van der Waals surface area contributed by atoms with Gasteiger partial charge in [0.2, 0.25) is 35.4 Å². The van der Waals surface area contributed by atoms with Crippen LogP contribution in [0.4, 0.5) is 5.69 Å². The third kappa shape index (κ3) is 19.4. The van der Waals surface area contributed by atoms with E-state index in [0.717, 1.165) is 35.2 Å². The molecule has 0 saturated carbocycles. The van der Waals surface area contributed by atoms with Crippen molar-refractivity contribution in [3.63, 3.8) is 0 Å². The third-order valence-corrected chi connectivity index (χ3v) is 10.0. The molecule has 6 amide bonds. The van der Waals surface area contributed by atoms with Gasteiger partial charge in [-0.15, -0.1) is 0 Å². The number of carbonyl (C=O) groups is 6. The second-order valence-corrected chi connectivity index (χ2v) is 15.0. The summed E-state index contributed by atoms with van der Waals surface area (Å²) in [6.07, 6.45) is 6.31. The van der Waals surface area contributed by atoms with Crippen LogP contribution in [-0.4, -0.2) is 106 Å². The summed E-state index contributed by atoms with van der Waals surface area (Å²) in [5.41, 5.74) is 3.96. The van der Waals surface area contributed by atoms with Crippen LogP contribution in [0.2, 0.25) is 0 Å². The quantitative estimate of drug-likeness (QED) is 0.0298. The molecular formula is C45H63N7O9. The maximum atomic E-state index is 13.4. The molecule has 0 bridgehead atoms. The van der Waals surface area contributed by atoms with E-state index in [4.69, 9.17) is 0 Å². The fourth-order valence-electron chi connectivity index (χ4n) is 6.38. The van der Waals surface area contributed by atoms with Crippen molar-refractivity contribution in [3.05, 3.63) is 77.5 Å². The second kappa shape index (κ2) is 27.9. The Morgan fingerprint density at radius 2 is 1.07 bits per heavy atom. The molecule has 0 radical (unpaired) electrons. The molecule has 0 unspecified atom stereocenters. The van der Waals surface area contributed by atoms with Crippen molar-refractivity contribution in [1.82, 2.24) is 31.1 Å². The van der Waals surface area contributed by atoms with Crippen molar-refractivity contribution in [2.45, 2.75) is 110 Å². The molecule has 2 aromatic rings. The lowest BCUT2D eigenvalue weighted by molar-refractivity contribution is -0.166. The summed E-state index contributed by atoms with van der Waals surface area (Å²) in [5.74, 6) is 4.34. The van der Waals surface area contributed by atoms with Gasteiger partial charge < -0.3 is 20.9 Å². The summed E-state index contributed by atoms with van der Waals surface area (Å²) in [5, 5.41) is 40.3. The van der Waals surface area contributed by atoms with Gasteiger partial charge in [0.25, 0.3) is 0 Å². The van der Waals surface area contributed by atoms with E-state index in [1.807, 2.05) is 48.5 Å². The van der Waals surface area contributed by atoms with Crippen LogP contribution < -0.4 is 20.9 Å². The number of amides is 6. The molecule has 0 fully saturated rings. The minimum Gasteiger partial charge on any atom is -0.389 e. The fraction of sp³-hybridized carbons (Fsp3) is 0.511. The van der Waals surface area contributed by atoms with Crippen LogP contribution >= 0.6 is 0 Å². The van der Waals surface area contributed by atoms with Gasteiger partial charge in [-0.05, 0) is 88.0 Å². The van der Waals surface area contributed by atoms with Crippen molar-refractivity contribution in [3.8, 4) is 11.8 Å². The van der Waals surface area contributed by atoms with Crippen LogP contribution in [0.3, 0.4) is 0 Å². The molecule has 0 aromatic heterocycles. The molecule has 0 spiro atoms. The first-order valence-corrected chi connectivity index (χ1v) is 21.3. The van der Waals surface area contributed by atoms with Gasteiger partial charge in [-0.2, -0.15) is 0 Å². The molecule has 1 aliphatic heterocycles. The highest BCUT2D eigenvalue weighted by atomic mass is 16.5. The van der Waals surface area contributed by atoms with E-state index < -0.39 is 17.7 Å². The van der Waals surface area contributed by atoms with Crippen LogP contribution in [0.5, 0.6) is 0 Å². The molecule has 16 heteroatoms. The highest BCUT2D eigenvalue weighted by Crippen LogP contribution is 2.26. The van der Waals surface area contributed by atoms with E-state index in [0.29, 0.717) is 98.4 Å². The number of hydrogen-bond donors (Lipinski definition) is 6. The van der Waals surface area contributed by atoms with Crippen molar-refractivity contribution in [1.29, 1.82) is 0 Å². The maximum Gasteiger partial charge on any atom is 0.246 e. The van der Waals surface area contributed by atoms with E-state index in [2.05, 4.69) is 34.4 Å². The number of rotatable bonds is 28. The van der Waals surface area contributed by atoms with Crippen LogP contribution in [-0.2, 0) is 35.3 Å². The van der Waals surface area contributed by atoms with Gasteiger partial charge >= 0.3 is 0 Å². The largest absolute Gasteiger partial charge is 0.389 e. The number of para-hydroxylation sites is 1. The fourth-order valence-corrected chi connectivity index (χ4v) is 6.38. The van der Waals surface area contributed by atoms with Crippen LogP contribution in [0.15, 0.2) is 60.8 Å². The zero-order valence-corrected chi connectivity index (χ0v) is 35.5. The average molecular weight is 846 g/mol. The number of fused-ring (bicyclic) bond motifs is 2. The molecule has 0 aliphatic carbocycles. The van der Waals surface area contributed by atoms with Gasteiger partial charge in [0.15, 0.2) is 0 Å². The standard InChI is InChI=1S/C45H63N7O9/c1-35(46-28-10-3-14-33-52(61)45(58)27-24-42(55)48-29-11-4-13-31-50(59)36(2)53)20-25-44(57)51(60)32-15-5-12-30-47-41(54)23-26-43(56)49-34-39-18-7-6-16-37(39)21-22-38-17-8-9-19-40(38)49/h6-9,16-19,46,59-61H,1,3-5,10-15,20,23-34H2,2H3,(H,47,54)(H,48,55). The lowest BCUT2D eigenvalue weighted by atomic mass is 10.0. The SMILES string of the molecule is C=C(CCC(=O)N(O)CCCCCNC(=O)CCC(=O)N1Cc2ccccc2C#Cc2ccccc21)NCCCCCN(O)C(=O)CCC(=O)NCCCCCN(O)C(C)=O. The summed E-state index contributed by atoms with van der Waals surface area (Å²) >= 11 is 0.